The van der Waals surface area contributed by atoms with Gasteiger partial charge in [0.1, 0.15) is 0 Å². The highest BCUT2D eigenvalue weighted by Gasteiger charge is 2.39. The normalized spacial score (nSPS) is 23.5. The van der Waals surface area contributed by atoms with E-state index in [1.165, 1.54) is 30.6 Å². The van der Waals surface area contributed by atoms with Gasteiger partial charge in [-0.05, 0) is 43.5 Å². The number of likely N-dealkylation sites (N-methyl/N-ethyl adjacent to an activating group) is 2. The van der Waals surface area contributed by atoms with Gasteiger partial charge in [-0.3, -0.25) is 14.5 Å². The number of imide groups is 1. The molecule has 0 bridgehead atoms. The second-order valence-corrected chi connectivity index (χ2v) is 8.77. The van der Waals surface area contributed by atoms with Crippen LogP contribution in [0.15, 0.2) is 24.3 Å². The SMILES string of the molecule is CCCCN1C(=O)c2ccc3c4c(ccc(c24)C1=O)N(C)C1CCCCC1N3C. The summed E-state index contributed by atoms with van der Waals surface area (Å²) >= 11 is 0. The first kappa shape index (κ1) is 18.5. The van der Waals surface area contributed by atoms with E-state index in [1.807, 2.05) is 12.1 Å². The summed E-state index contributed by atoms with van der Waals surface area (Å²) in [5.41, 5.74) is 3.62. The molecule has 3 aliphatic rings. The Morgan fingerprint density at radius 3 is 1.83 bits per heavy atom. The molecule has 0 aromatic heterocycles. The van der Waals surface area contributed by atoms with Crippen LogP contribution >= 0.6 is 0 Å². The molecule has 5 heteroatoms. The number of carbonyl (C=O) groups excluding carboxylic acids is 2. The fourth-order valence-corrected chi connectivity index (χ4v) is 5.66. The maximum absolute atomic E-state index is 13.2. The number of anilines is 2. The van der Waals surface area contributed by atoms with Crippen LogP contribution in [0.25, 0.3) is 10.8 Å². The maximum Gasteiger partial charge on any atom is 0.261 e. The van der Waals surface area contributed by atoms with E-state index >= 15 is 0 Å². The van der Waals surface area contributed by atoms with Gasteiger partial charge in [0.05, 0.1) is 0 Å². The first-order valence-corrected chi connectivity index (χ1v) is 11.0. The number of nitrogens with zero attached hydrogens (tertiary/aromatic N) is 3. The van der Waals surface area contributed by atoms with E-state index in [4.69, 9.17) is 0 Å². The van der Waals surface area contributed by atoms with E-state index in [2.05, 4.69) is 43.0 Å². The number of unbranched alkanes of at least 4 members (excludes halogenated alkanes) is 1. The van der Waals surface area contributed by atoms with Crippen molar-refractivity contribution in [3.05, 3.63) is 35.4 Å². The van der Waals surface area contributed by atoms with Crippen LogP contribution in [-0.4, -0.2) is 49.4 Å². The molecule has 0 spiro atoms. The highest BCUT2D eigenvalue weighted by Crippen LogP contribution is 2.46. The van der Waals surface area contributed by atoms with Crippen LogP contribution < -0.4 is 9.80 Å². The molecule has 1 aliphatic carbocycles. The molecule has 5 nitrogen and oxygen atoms in total. The molecule has 29 heavy (non-hydrogen) atoms. The van der Waals surface area contributed by atoms with E-state index in [0.717, 1.165) is 35.0 Å². The zero-order valence-electron chi connectivity index (χ0n) is 17.6. The molecule has 2 atom stereocenters. The number of amides is 2. The van der Waals surface area contributed by atoms with Gasteiger partial charge >= 0.3 is 0 Å². The van der Waals surface area contributed by atoms with Crippen molar-refractivity contribution < 1.29 is 9.59 Å². The van der Waals surface area contributed by atoms with Crippen LogP contribution in [0.3, 0.4) is 0 Å². The van der Waals surface area contributed by atoms with Crippen molar-refractivity contribution in [3.63, 3.8) is 0 Å². The minimum atomic E-state index is -0.147. The zero-order valence-corrected chi connectivity index (χ0v) is 17.6. The molecule has 0 saturated heterocycles. The fourth-order valence-electron chi connectivity index (χ4n) is 5.66. The largest absolute Gasteiger partial charge is 0.369 e. The average molecular weight is 392 g/mol. The molecule has 0 N–H and O–H groups in total. The Morgan fingerprint density at radius 2 is 1.34 bits per heavy atom. The van der Waals surface area contributed by atoms with E-state index in [-0.39, 0.29) is 11.8 Å². The molecular formula is C24H29N3O2. The quantitative estimate of drug-likeness (QED) is 0.726. The Kier molecular flexibility index (Phi) is 4.30. The summed E-state index contributed by atoms with van der Waals surface area (Å²) in [5, 5.41) is 1.91. The summed E-state index contributed by atoms with van der Waals surface area (Å²) < 4.78 is 0. The maximum atomic E-state index is 13.2. The molecule has 2 aromatic rings. The Labute approximate surface area is 172 Å². The zero-order chi connectivity index (χ0) is 20.3. The van der Waals surface area contributed by atoms with Gasteiger partial charge in [0, 0.05) is 66.0 Å². The summed E-state index contributed by atoms with van der Waals surface area (Å²) in [6.45, 7) is 2.56. The number of fused-ring (bicyclic) bond motifs is 1. The van der Waals surface area contributed by atoms with Gasteiger partial charge in [-0.15, -0.1) is 0 Å². The predicted molar refractivity (Wildman–Crippen MR) is 117 cm³/mol. The van der Waals surface area contributed by atoms with Crippen LogP contribution in [0.2, 0.25) is 0 Å². The van der Waals surface area contributed by atoms with Crippen LogP contribution in [0.1, 0.15) is 66.2 Å². The van der Waals surface area contributed by atoms with Gasteiger partial charge in [-0.2, -0.15) is 0 Å². The van der Waals surface area contributed by atoms with E-state index in [0.29, 0.717) is 29.8 Å². The molecule has 2 amide bonds. The molecular weight excluding hydrogens is 362 g/mol. The second-order valence-electron chi connectivity index (χ2n) is 8.77. The third-order valence-corrected chi connectivity index (χ3v) is 7.25. The summed E-state index contributed by atoms with van der Waals surface area (Å²) in [5.74, 6) is -0.293. The second kappa shape index (κ2) is 6.75. The fraction of sp³-hybridized carbons (Fsp3) is 0.500. The van der Waals surface area contributed by atoms with Gasteiger partial charge in [0.15, 0.2) is 0 Å². The van der Waals surface area contributed by atoms with E-state index in [9.17, 15) is 9.59 Å². The van der Waals surface area contributed by atoms with Crippen molar-refractivity contribution in [2.45, 2.75) is 57.5 Å². The van der Waals surface area contributed by atoms with Crippen LogP contribution in [0.4, 0.5) is 11.4 Å². The third-order valence-electron chi connectivity index (χ3n) is 7.25. The molecule has 5 rings (SSSR count). The lowest BCUT2D eigenvalue weighted by Crippen LogP contribution is -2.50. The highest BCUT2D eigenvalue weighted by atomic mass is 16.2. The molecule has 2 aliphatic heterocycles. The summed E-state index contributed by atoms with van der Waals surface area (Å²) in [4.78, 5) is 32.7. The van der Waals surface area contributed by atoms with Crippen molar-refractivity contribution >= 4 is 34.0 Å². The molecule has 2 unspecified atom stereocenters. The number of carbonyl (C=O) groups is 2. The monoisotopic (exact) mass is 391 g/mol. The van der Waals surface area contributed by atoms with Crippen molar-refractivity contribution in [3.8, 4) is 0 Å². The summed E-state index contributed by atoms with van der Waals surface area (Å²) in [7, 11) is 4.35. The Hall–Kier alpha value is -2.56. The Balaban J connectivity index is 1.75. The molecule has 1 saturated carbocycles. The van der Waals surface area contributed by atoms with Gasteiger partial charge in [0.25, 0.3) is 11.8 Å². The first-order chi connectivity index (χ1) is 14.0. The molecule has 0 radical (unpaired) electrons. The van der Waals surface area contributed by atoms with Crippen molar-refractivity contribution in [1.29, 1.82) is 0 Å². The molecule has 2 heterocycles. The molecule has 152 valence electrons. The Morgan fingerprint density at radius 1 is 0.828 bits per heavy atom. The standard InChI is InChI=1S/C24H29N3O2/c1-4-5-14-27-23(28)15-10-12-19-22-20(13-11-16(21(15)22)24(27)29)26(3)18-9-7-6-8-17(18)25(19)2/h10-13,17-18H,4-9,14H2,1-3H3. The number of rotatable bonds is 3. The smallest absolute Gasteiger partial charge is 0.261 e. The summed E-state index contributed by atoms with van der Waals surface area (Å²) in [6, 6.07) is 8.99. The lowest BCUT2D eigenvalue weighted by Gasteiger charge is -2.41. The number of hydrogen-bond acceptors (Lipinski definition) is 4. The van der Waals surface area contributed by atoms with Crippen LogP contribution in [-0.2, 0) is 0 Å². The van der Waals surface area contributed by atoms with Crippen molar-refractivity contribution in [2.24, 2.45) is 0 Å². The Bertz CT molecular complexity index is 942. The third kappa shape index (κ3) is 2.52. The van der Waals surface area contributed by atoms with Crippen LogP contribution in [0.5, 0.6) is 0 Å². The minimum absolute atomic E-state index is 0.147. The summed E-state index contributed by atoms with van der Waals surface area (Å²) in [6.07, 6.45) is 6.66. The van der Waals surface area contributed by atoms with Gasteiger partial charge in [0.2, 0.25) is 0 Å². The minimum Gasteiger partial charge on any atom is -0.369 e. The van der Waals surface area contributed by atoms with Gasteiger partial charge in [-0.1, -0.05) is 26.2 Å². The topological polar surface area (TPSA) is 43.9 Å². The molecule has 1 fully saturated rings. The van der Waals surface area contributed by atoms with Crippen molar-refractivity contribution in [2.75, 3.05) is 30.4 Å². The number of benzene rings is 2. The first-order valence-electron chi connectivity index (χ1n) is 11.0. The number of hydrogen-bond donors (Lipinski definition) is 0. The molecule has 2 aromatic carbocycles. The van der Waals surface area contributed by atoms with E-state index < -0.39 is 0 Å². The van der Waals surface area contributed by atoms with Gasteiger partial charge < -0.3 is 9.80 Å². The van der Waals surface area contributed by atoms with Crippen molar-refractivity contribution in [1.82, 2.24) is 4.90 Å². The lowest BCUT2D eigenvalue weighted by atomic mass is 9.88. The van der Waals surface area contributed by atoms with E-state index in [1.54, 1.807) is 0 Å². The highest BCUT2D eigenvalue weighted by molar-refractivity contribution is 6.28. The lowest BCUT2D eigenvalue weighted by molar-refractivity contribution is 0.0608. The van der Waals surface area contributed by atoms with Gasteiger partial charge in [-0.25, -0.2) is 0 Å². The van der Waals surface area contributed by atoms with Crippen LogP contribution in [0, 0.1) is 0 Å². The average Bonchev–Trinajstić information content (AvgIpc) is 2.84. The predicted octanol–water partition coefficient (Wildman–Crippen LogP) is 4.43.